The van der Waals surface area contributed by atoms with Crippen LogP contribution in [0.2, 0.25) is 0 Å². The molecule has 7 nitrogen and oxygen atoms in total. The molecule has 1 fully saturated rings. The van der Waals surface area contributed by atoms with Crippen molar-refractivity contribution in [3.05, 3.63) is 23.3 Å². The fourth-order valence-corrected chi connectivity index (χ4v) is 2.36. The van der Waals surface area contributed by atoms with E-state index >= 15 is 0 Å². The Hall–Kier alpha value is -1.44. The van der Waals surface area contributed by atoms with Crippen LogP contribution in [-0.2, 0) is 0 Å². The van der Waals surface area contributed by atoms with Gasteiger partial charge in [0.25, 0.3) is 11.7 Å². The average molecular weight is 347 g/mol. The first-order valence-corrected chi connectivity index (χ1v) is 6.80. The van der Waals surface area contributed by atoms with Gasteiger partial charge in [-0.25, -0.2) is 9.50 Å². The largest absolute Gasteiger partial charge is 0.345 e. The summed E-state index contributed by atoms with van der Waals surface area (Å²) >= 11 is 0. The second kappa shape index (κ2) is 7.21. The van der Waals surface area contributed by atoms with Crippen LogP contribution in [-0.4, -0.2) is 38.1 Å². The normalized spacial score (nSPS) is 14.9. The highest BCUT2D eigenvalue weighted by Crippen LogP contribution is 2.32. The first kappa shape index (κ1) is 18.6. The highest BCUT2D eigenvalue weighted by Gasteiger charge is 2.32. The summed E-state index contributed by atoms with van der Waals surface area (Å²) in [6.45, 7) is 4.24. The number of hydrogen-bond donors (Lipinski definition) is 2. The maximum Gasteiger partial charge on any atom is 0.291 e. The average Bonchev–Trinajstić information content (AvgIpc) is 3.15. The van der Waals surface area contributed by atoms with Crippen LogP contribution in [0.4, 0.5) is 0 Å². The minimum atomic E-state index is -0.282. The molecule has 0 spiro atoms. The van der Waals surface area contributed by atoms with Crippen LogP contribution < -0.4 is 11.1 Å². The van der Waals surface area contributed by atoms with Gasteiger partial charge in [-0.2, -0.15) is 4.98 Å². The minimum absolute atomic E-state index is 0. The Bertz CT molecular complexity index is 670. The van der Waals surface area contributed by atoms with E-state index in [0.717, 1.165) is 24.2 Å². The van der Waals surface area contributed by atoms with Crippen molar-refractivity contribution in [3.63, 3.8) is 0 Å². The van der Waals surface area contributed by atoms with Gasteiger partial charge >= 0.3 is 0 Å². The maximum absolute atomic E-state index is 12.2. The molecular weight excluding hydrogens is 327 g/mol. The lowest BCUT2D eigenvalue weighted by Crippen LogP contribution is -2.42. The van der Waals surface area contributed by atoms with Gasteiger partial charge in [0.1, 0.15) is 0 Å². The standard InChI is InChI=1S/C13H18N6O.2ClH/c1-7-5-8(2)19-13(15-7)17-11(18-19)12(20)16-10(6-14)9-3-4-9;;/h5,9-10H,3-4,6,14H2,1-2H3,(H,16,20);2*1H. The number of halogens is 2. The van der Waals surface area contributed by atoms with Crippen LogP contribution in [0.5, 0.6) is 0 Å². The topological polar surface area (TPSA) is 98.2 Å². The second-order valence-electron chi connectivity index (χ2n) is 5.34. The van der Waals surface area contributed by atoms with Crippen LogP contribution in [0.1, 0.15) is 34.8 Å². The van der Waals surface area contributed by atoms with Crippen molar-refractivity contribution in [3.8, 4) is 0 Å². The van der Waals surface area contributed by atoms with E-state index in [2.05, 4.69) is 20.4 Å². The first-order valence-electron chi connectivity index (χ1n) is 6.80. The molecule has 0 saturated heterocycles. The molecule has 0 aromatic carbocycles. The Morgan fingerprint density at radius 1 is 1.41 bits per heavy atom. The molecule has 3 rings (SSSR count). The predicted molar refractivity (Wildman–Crippen MR) is 87.8 cm³/mol. The smallest absolute Gasteiger partial charge is 0.291 e. The monoisotopic (exact) mass is 346 g/mol. The fraction of sp³-hybridized carbons (Fsp3) is 0.538. The van der Waals surface area contributed by atoms with E-state index in [1.165, 1.54) is 0 Å². The van der Waals surface area contributed by atoms with Gasteiger partial charge in [0, 0.05) is 24.0 Å². The highest BCUT2D eigenvalue weighted by atomic mass is 35.5. The fourth-order valence-electron chi connectivity index (χ4n) is 2.36. The molecule has 1 saturated carbocycles. The zero-order valence-electron chi connectivity index (χ0n) is 12.4. The van der Waals surface area contributed by atoms with E-state index in [0.29, 0.717) is 18.2 Å². The van der Waals surface area contributed by atoms with Crippen LogP contribution >= 0.6 is 24.8 Å². The Kier molecular flexibility index (Phi) is 6.10. The molecule has 122 valence electrons. The number of carbonyl (C=O) groups is 1. The van der Waals surface area contributed by atoms with Crippen LogP contribution in [0.3, 0.4) is 0 Å². The maximum atomic E-state index is 12.2. The van der Waals surface area contributed by atoms with Gasteiger partial charge in [0.2, 0.25) is 5.82 Å². The van der Waals surface area contributed by atoms with Crippen LogP contribution in [0.15, 0.2) is 6.07 Å². The van der Waals surface area contributed by atoms with E-state index in [4.69, 9.17) is 5.73 Å². The Morgan fingerprint density at radius 2 is 2.09 bits per heavy atom. The number of carbonyl (C=O) groups excluding carboxylic acids is 1. The summed E-state index contributed by atoms with van der Waals surface area (Å²) in [5, 5.41) is 7.12. The van der Waals surface area contributed by atoms with E-state index in [1.54, 1.807) is 4.52 Å². The Morgan fingerprint density at radius 3 is 2.68 bits per heavy atom. The van der Waals surface area contributed by atoms with Gasteiger partial charge in [0.05, 0.1) is 0 Å². The predicted octanol–water partition coefficient (Wildman–Crippen LogP) is 1.05. The first-order chi connectivity index (χ1) is 9.58. The van der Waals surface area contributed by atoms with Gasteiger partial charge in [-0.3, -0.25) is 4.79 Å². The lowest BCUT2D eigenvalue weighted by Gasteiger charge is -2.14. The number of nitrogens with zero attached hydrogens (tertiary/aromatic N) is 4. The van der Waals surface area contributed by atoms with Crippen molar-refractivity contribution >= 4 is 36.5 Å². The molecule has 1 amide bonds. The molecule has 2 aromatic rings. The van der Waals surface area contributed by atoms with Gasteiger partial charge in [0.15, 0.2) is 0 Å². The van der Waals surface area contributed by atoms with Crippen LogP contribution in [0, 0.1) is 19.8 Å². The molecule has 1 atom stereocenters. The Labute approximate surface area is 140 Å². The highest BCUT2D eigenvalue weighted by molar-refractivity contribution is 5.91. The zero-order chi connectivity index (χ0) is 14.3. The van der Waals surface area contributed by atoms with Crippen molar-refractivity contribution in [1.82, 2.24) is 24.9 Å². The van der Waals surface area contributed by atoms with Crippen molar-refractivity contribution in [2.24, 2.45) is 11.7 Å². The quantitative estimate of drug-likeness (QED) is 0.862. The molecule has 0 bridgehead atoms. The van der Waals surface area contributed by atoms with E-state index < -0.39 is 0 Å². The molecule has 3 N–H and O–H groups in total. The molecule has 1 unspecified atom stereocenters. The number of fused-ring (bicyclic) bond motifs is 1. The number of amides is 1. The number of aromatic nitrogens is 4. The van der Waals surface area contributed by atoms with E-state index in [1.807, 2.05) is 19.9 Å². The van der Waals surface area contributed by atoms with Gasteiger partial charge in [-0.15, -0.1) is 29.9 Å². The van der Waals surface area contributed by atoms with Crippen LogP contribution in [0.25, 0.3) is 5.78 Å². The molecular formula is C13H20Cl2N6O. The van der Waals surface area contributed by atoms with Gasteiger partial charge in [-0.1, -0.05) is 0 Å². The molecule has 1 aliphatic carbocycles. The third kappa shape index (κ3) is 3.66. The van der Waals surface area contributed by atoms with Crippen molar-refractivity contribution < 1.29 is 4.79 Å². The number of aryl methyl sites for hydroxylation is 2. The summed E-state index contributed by atoms with van der Waals surface area (Å²) in [5.41, 5.74) is 7.44. The summed E-state index contributed by atoms with van der Waals surface area (Å²) in [7, 11) is 0. The lowest BCUT2D eigenvalue weighted by atomic mass is 10.2. The molecule has 1 aliphatic rings. The summed E-state index contributed by atoms with van der Waals surface area (Å²) in [5.74, 6) is 0.812. The number of nitrogens with two attached hydrogens (primary N) is 1. The van der Waals surface area contributed by atoms with Gasteiger partial charge in [-0.05, 0) is 38.7 Å². The second-order valence-corrected chi connectivity index (χ2v) is 5.34. The molecule has 2 aromatic heterocycles. The summed E-state index contributed by atoms with van der Waals surface area (Å²) in [6, 6.07) is 1.92. The third-order valence-electron chi connectivity index (χ3n) is 3.58. The van der Waals surface area contributed by atoms with Crippen molar-refractivity contribution in [2.75, 3.05) is 6.54 Å². The lowest BCUT2D eigenvalue weighted by molar-refractivity contribution is 0.0923. The van der Waals surface area contributed by atoms with E-state index in [-0.39, 0.29) is 42.6 Å². The zero-order valence-corrected chi connectivity index (χ0v) is 14.1. The van der Waals surface area contributed by atoms with Gasteiger partial charge < -0.3 is 11.1 Å². The summed E-state index contributed by atoms with van der Waals surface area (Å²) < 4.78 is 1.58. The molecule has 0 aliphatic heterocycles. The summed E-state index contributed by atoms with van der Waals surface area (Å²) in [6.07, 6.45) is 2.25. The molecule has 22 heavy (non-hydrogen) atoms. The molecule has 9 heteroatoms. The number of nitrogens with one attached hydrogen (secondary N) is 1. The number of hydrogen-bond acceptors (Lipinski definition) is 5. The van der Waals surface area contributed by atoms with E-state index in [9.17, 15) is 4.79 Å². The minimum Gasteiger partial charge on any atom is -0.345 e. The third-order valence-corrected chi connectivity index (χ3v) is 3.58. The summed E-state index contributed by atoms with van der Waals surface area (Å²) in [4.78, 5) is 20.6. The Balaban J connectivity index is 0.00000121. The SMILES string of the molecule is Cc1cc(C)n2nc(C(=O)NC(CN)C3CC3)nc2n1.Cl.Cl. The molecule has 0 radical (unpaired) electrons. The van der Waals surface area contributed by atoms with Crippen molar-refractivity contribution in [1.29, 1.82) is 0 Å². The van der Waals surface area contributed by atoms with Crippen molar-refractivity contribution in [2.45, 2.75) is 32.7 Å². The molecule has 2 heterocycles. The number of rotatable bonds is 4.